The molecule has 2 bridgehead atoms. The number of para-hydroxylation sites is 1. The minimum absolute atomic E-state index is 0.00890. The standard InChI is InChI=1S/C45H59N9O3S/c1-7-19-44(26-43(6)20-13-21-45(27-43,28-44)57-24-23-52(8-2)9-3)29-54-31(5)34(25-46-54)33-17-18-37(48-38(33)41(55)56)53-22-12-14-32-30(4)39(50-51-40(32)53)49-42-47-35-15-10-11-16-36(35)58-42/h10-11,15-18,25H,7-9,12-14,19-24,26-29H2,1-6H3,(H,55,56)(H,47,49,50)/t43-,44-,45+/m1/s1. The van der Waals surface area contributed by atoms with Gasteiger partial charge in [-0.15, -0.1) is 10.2 Å². The number of aromatic nitrogens is 6. The molecule has 2 fully saturated rings. The van der Waals surface area contributed by atoms with E-state index in [2.05, 4.69) is 72.7 Å². The fourth-order valence-corrected chi connectivity index (χ4v) is 11.7. The second-order valence-electron chi connectivity index (χ2n) is 17.5. The van der Waals surface area contributed by atoms with Crippen LogP contribution < -0.4 is 10.2 Å². The van der Waals surface area contributed by atoms with E-state index >= 15 is 0 Å². The number of likely N-dealkylation sites (N-methyl/N-ethyl adjacent to an activating group) is 1. The minimum Gasteiger partial charge on any atom is -0.476 e. The summed E-state index contributed by atoms with van der Waals surface area (Å²) < 4.78 is 10.2. The highest BCUT2D eigenvalue weighted by atomic mass is 32.1. The van der Waals surface area contributed by atoms with Crippen LogP contribution in [0.1, 0.15) is 113 Å². The van der Waals surface area contributed by atoms with E-state index in [4.69, 9.17) is 19.8 Å². The number of hydrogen-bond donors (Lipinski definition) is 2. The second kappa shape index (κ2) is 16.3. The molecule has 2 aliphatic carbocycles. The van der Waals surface area contributed by atoms with Gasteiger partial charge in [-0.25, -0.2) is 14.8 Å². The zero-order valence-electron chi connectivity index (χ0n) is 35.1. The maximum absolute atomic E-state index is 13.0. The Morgan fingerprint density at radius 2 is 1.83 bits per heavy atom. The molecule has 0 radical (unpaired) electrons. The lowest BCUT2D eigenvalue weighted by atomic mass is 9.51. The van der Waals surface area contributed by atoms with E-state index in [1.807, 2.05) is 41.4 Å². The van der Waals surface area contributed by atoms with E-state index < -0.39 is 5.97 Å². The molecule has 3 aliphatic rings. The molecule has 3 atom stereocenters. The zero-order chi connectivity index (χ0) is 40.7. The van der Waals surface area contributed by atoms with Gasteiger partial charge in [-0.2, -0.15) is 5.10 Å². The molecule has 58 heavy (non-hydrogen) atoms. The molecule has 0 saturated heterocycles. The third-order valence-corrected chi connectivity index (χ3v) is 14.2. The first-order valence-corrected chi connectivity index (χ1v) is 22.2. The Morgan fingerprint density at radius 1 is 1.00 bits per heavy atom. The Bertz CT molecular complexity index is 2250. The van der Waals surface area contributed by atoms with Gasteiger partial charge in [-0.3, -0.25) is 4.68 Å². The summed E-state index contributed by atoms with van der Waals surface area (Å²) in [5.74, 6) is 0.855. The quantitative estimate of drug-likeness (QED) is 0.105. The van der Waals surface area contributed by atoms with Gasteiger partial charge in [0.25, 0.3) is 0 Å². The minimum atomic E-state index is -1.07. The average molecular weight is 806 g/mol. The Labute approximate surface area is 346 Å². The molecule has 13 heteroatoms. The molecule has 8 rings (SSSR count). The number of carboxylic acid groups (broad SMARTS) is 1. The van der Waals surface area contributed by atoms with Crippen LogP contribution in [0.3, 0.4) is 0 Å². The Kier molecular flexibility index (Phi) is 11.3. The lowest BCUT2D eigenvalue weighted by Gasteiger charge is -2.58. The van der Waals surface area contributed by atoms with Crippen molar-refractivity contribution < 1.29 is 14.6 Å². The van der Waals surface area contributed by atoms with Crippen molar-refractivity contribution in [1.82, 2.24) is 34.8 Å². The maximum atomic E-state index is 13.0. The van der Waals surface area contributed by atoms with Gasteiger partial charge in [0.05, 0.1) is 28.6 Å². The van der Waals surface area contributed by atoms with Crippen molar-refractivity contribution in [1.29, 1.82) is 0 Å². The van der Waals surface area contributed by atoms with Crippen LogP contribution in [0.5, 0.6) is 0 Å². The van der Waals surface area contributed by atoms with Crippen LogP contribution in [0, 0.1) is 24.7 Å². The second-order valence-corrected chi connectivity index (χ2v) is 18.5. The van der Waals surface area contributed by atoms with Crippen LogP contribution in [-0.4, -0.2) is 84.3 Å². The van der Waals surface area contributed by atoms with Crippen molar-refractivity contribution in [2.24, 2.45) is 10.8 Å². The summed E-state index contributed by atoms with van der Waals surface area (Å²) in [7, 11) is 0. The van der Waals surface area contributed by atoms with Crippen LogP contribution in [0.15, 0.2) is 42.6 Å². The molecule has 5 heterocycles. The van der Waals surface area contributed by atoms with Crippen LogP contribution >= 0.6 is 11.3 Å². The number of fused-ring (bicyclic) bond motifs is 4. The predicted octanol–water partition coefficient (Wildman–Crippen LogP) is 9.75. The van der Waals surface area contributed by atoms with Crippen molar-refractivity contribution in [3.05, 3.63) is 65.1 Å². The molecular weight excluding hydrogens is 747 g/mol. The number of benzene rings is 1. The number of nitrogens with zero attached hydrogens (tertiary/aromatic N) is 8. The smallest absolute Gasteiger partial charge is 0.355 e. The number of rotatable bonds is 15. The Morgan fingerprint density at radius 3 is 2.60 bits per heavy atom. The van der Waals surface area contributed by atoms with Crippen molar-refractivity contribution in [2.45, 2.75) is 118 Å². The van der Waals surface area contributed by atoms with Crippen molar-refractivity contribution in [2.75, 3.05) is 43.0 Å². The first kappa shape index (κ1) is 40.3. The van der Waals surface area contributed by atoms with Gasteiger partial charge in [0.15, 0.2) is 22.5 Å². The topological polar surface area (TPSA) is 134 Å². The SMILES string of the molecule is CCC[C@@]1(Cn2ncc(-c3ccc(N4CCCc5c4nnc(Nc4nc6ccccc6s4)c5C)nc3C(=O)O)c2C)C[C@@]2(C)CCC[C@](OCCN(CC)CC)(C2)C1. The van der Waals surface area contributed by atoms with E-state index in [0.717, 1.165) is 122 Å². The Balaban J connectivity index is 1.05. The molecule has 1 aliphatic heterocycles. The van der Waals surface area contributed by atoms with Gasteiger partial charge in [0, 0.05) is 47.6 Å². The summed E-state index contributed by atoms with van der Waals surface area (Å²) in [5.41, 5.74) is 5.51. The molecule has 2 N–H and O–H groups in total. The summed E-state index contributed by atoms with van der Waals surface area (Å²) in [6.07, 6.45) is 12.6. The predicted molar refractivity (Wildman–Crippen MR) is 232 cm³/mol. The molecule has 12 nitrogen and oxygen atoms in total. The Hall–Kier alpha value is -4.46. The van der Waals surface area contributed by atoms with Crippen molar-refractivity contribution in [3.63, 3.8) is 0 Å². The highest BCUT2D eigenvalue weighted by Gasteiger charge is 2.55. The maximum Gasteiger partial charge on any atom is 0.355 e. The number of thiazole rings is 1. The van der Waals surface area contributed by atoms with E-state index in [9.17, 15) is 9.90 Å². The van der Waals surface area contributed by atoms with Crippen LogP contribution in [-0.2, 0) is 17.7 Å². The van der Waals surface area contributed by atoms with Crippen LogP contribution in [0.4, 0.5) is 22.6 Å². The molecule has 5 aromatic rings. The van der Waals surface area contributed by atoms with Gasteiger partial charge in [-0.1, -0.05) is 64.0 Å². The number of ether oxygens (including phenoxy) is 1. The third-order valence-electron chi connectivity index (χ3n) is 13.3. The third kappa shape index (κ3) is 7.85. The highest BCUT2D eigenvalue weighted by Crippen LogP contribution is 2.60. The number of aromatic carboxylic acids is 1. The zero-order valence-corrected chi connectivity index (χ0v) is 35.9. The molecule has 4 aromatic heterocycles. The fraction of sp³-hybridized carbons (Fsp3) is 0.556. The number of nitrogens with one attached hydrogen (secondary N) is 1. The lowest BCUT2D eigenvalue weighted by Crippen LogP contribution is -2.54. The summed E-state index contributed by atoms with van der Waals surface area (Å²) in [5, 5.41) is 29.0. The number of hydrogen-bond acceptors (Lipinski definition) is 11. The first-order valence-electron chi connectivity index (χ1n) is 21.4. The van der Waals surface area contributed by atoms with Gasteiger partial charge < -0.3 is 25.0 Å². The lowest BCUT2D eigenvalue weighted by molar-refractivity contribution is -0.173. The normalized spacial score (nSPS) is 23.1. The molecule has 0 amide bonds. The summed E-state index contributed by atoms with van der Waals surface area (Å²) in [6.45, 7) is 18.6. The summed E-state index contributed by atoms with van der Waals surface area (Å²) in [4.78, 5) is 26.9. The highest BCUT2D eigenvalue weighted by molar-refractivity contribution is 7.22. The monoisotopic (exact) mass is 805 g/mol. The summed E-state index contributed by atoms with van der Waals surface area (Å²) >= 11 is 1.58. The van der Waals surface area contributed by atoms with E-state index in [1.165, 1.54) is 12.8 Å². The fourth-order valence-electron chi connectivity index (χ4n) is 10.9. The summed E-state index contributed by atoms with van der Waals surface area (Å²) in [6, 6.07) is 11.9. The molecular formula is C45H59N9O3S. The van der Waals surface area contributed by atoms with E-state index in [1.54, 1.807) is 11.3 Å². The molecule has 0 spiro atoms. The molecule has 308 valence electrons. The van der Waals surface area contributed by atoms with E-state index in [0.29, 0.717) is 29.6 Å². The number of carboxylic acids is 1. The van der Waals surface area contributed by atoms with Gasteiger partial charge >= 0.3 is 5.97 Å². The molecule has 2 saturated carbocycles. The van der Waals surface area contributed by atoms with E-state index in [-0.39, 0.29) is 22.1 Å². The van der Waals surface area contributed by atoms with Crippen molar-refractivity contribution in [3.8, 4) is 11.1 Å². The number of carbonyl (C=O) groups is 1. The largest absolute Gasteiger partial charge is 0.476 e. The molecule has 0 unspecified atom stereocenters. The van der Waals surface area contributed by atoms with Gasteiger partial charge in [0.2, 0.25) is 0 Å². The number of anilines is 4. The van der Waals surface area contributed by atoms with Crippen LogP contribution in [0.25, 0.3) is 21.3 Å². The van der Waals surface area contributed by atoms with Crippen LogP contribution in [0.2, 0.25) is 0 Å². The number of pyridine rings is 1. The first-order chi connectivity index (χ1) is 28.0. The van der Waals surface area contributed by atoms with Gasteiger partial charge in [-0.05, 0) is 113 Å². The average Bonchev–Trinajstić information content (AvgIpc) is 3.78. The molecule has 1 aromatic carbocycles. The van der Waals surface area contributed by atoms with Crippen molar-refractivity contribution >= 4 is 50.1 Å². The van der Waals surface area contributed by atoms with Gasteiger partial charge in [0.1, 0.15) is 5.82 Å².